The van der Waals surface area contributed by atoms with E-state index in [1.807, 2.05) is 11.8 Å². The quantitative estimate of drug-likeness (QED) is 0.897. The van der Waals surface area contributed by atoms with Crippen molar-refractivity contribution in [3.05, 3.63) is 23.6 Å². The number of halogens is 1. The number of rotatable bonds is 4. The molecule has 0 spiro atoms. The van der Waals surface area contributed by atoms with Gasteiger partial charge in [0.1, 0.15) is 0 Å². The maximum atomic E-state index is 14.0. The molecule has 110 valence electrons. The molecule has 0 aliphatic heterocycles. The Morgan fingerprint density at radius 2 is 2.10 bits per heavy atom. The predicted molar refractivity (Wildman–Crippen MR) is 80.8 cm³/mol. The van der Waals surface area contributed by atoms with Crippen molar-refractivity contribution in [2.75, 3.05) is 18.6 Å². The summed E-state index contributed by atoms with van der Waals surface area (Å²) < 4.78 is 14.0. The van der Waals surface area contributed by atoms with E-state index in [1.54, 1.807) is 7.05 Å². The molecule has 20 heavy (non-hydrogen) atoms. The third-order valence-corrected chi connectivity index (χ3v) is 4.85. The van der Waals surface area contributed by atoms with Crippen LogP contribution in [0.5, 0.6) is 0 Å². The van der Waals surface area contributed by atoms with Crippen LogP contribution >= 0.6 is 11.8 Å². The summed E-state index contributed by atoms with van der Waals surface area (Å²) >= 11 is 1.88. The summed E-state index contributed by atoms with van der Waals surface area (Å²) in [7, 11) is 1.58. The first kappa shape index (κ1) is 15.1. The van der Waals surface area contributed by atoms with Crippen LogP contribution in [-0.4, -0.2) is 35.5 Å². The fourth-order valence-electron chi connectivity index (χ4n) is 2.50. The van der Waals surface area contributed by atoms with Crippen molar-refractivity contribution in [2.45, 2.75) is 37.0 Å². The van der Waals surface area contributed by atoms with Crippen LogP contribution in [0.2, 0.25) is 0 Å². The van der Waals surface area contributed by atoms with Gasteiger partial charge in [-0.15, -0.1) is 0 Å². The van der Waals surface area contributed by atoms with Crippen LogP contribution in [-0.2, 0) is 0 Å². The van der Waals surface area contributed by atoms with Gasteiger partial charge in [0.2, 0.25) is 0 Å². The van der Waals surface area contributed by atoms with Crippen LogP contribution in [0.4, 0.5) is 10.2 Å². The van der Waals surface area contributed by atoms with Crippen LogP contribution in [0.3, 0.4) is 0 Å². The second kappa shape index (κ2) is 6.92. The Balaban J connectivity index is 1.99. The molecule has 0 saturated heterocycles. The van der Waals surface area contributed by atoms with Crippen molar-refractivity contribution >= 4 is 23.5 Å². The van der Waals surface area contributed by atoms with E-state index < -0.39 is 5.82 Å². The Kier molecular flexibility index (Phi) is 5.23. The molecule has 6 heteroatoms. The van der Waals surface area contributed by atoms with Crippen LogP contribution < -0.4 is 10.6 Å². The van der Waals surface area contributed by atoms with Gasteiger partial charge in [0.25, 0.3) is 5.91 Å². The van der Waals surface area contributed by atoms with E-state index in [0.29, 0.717) is 5.25 Å². The molecule has 1 aliphatic carbocycles. The van der Waals surface area contributed by atoms with Gasteiger partial charge in [0.05, 0.1) is 5.56 Å². The first-order chi connectivity index (χ1) is 9.65. The molecule has 0 unspecified atom stereocenters. The number of thioether (sulfide) groups is 1. The minimum atomic E-state index is -0.592. The van der Waals surface area contributed by atoms with Crippen molar-refractivity contribution in [1.29, 1.82) is 0 Å². The summed E-state index contributed by atoms with van der Waals surface area (Å²) in [5, 5.41) is 6.26. The van der Waals surface area contributed by atoms with E-state index in [0.717, 1.165) is 25.7 Å². The topological polar surface area (TPSA) is 54.0 Å². The van der Waals surface area contributed by atoms with E-state index in [-0.39, 0.29) is 23.3 Å². The van der Waals surface area contributed by atoms with Crippen LogP contribution in [0.1, 0.15) is 36.0 Å². The lowest BCUT2D eigenvalue weighted by atomic mass is 9.94. The average molecular weight is 297 g/mol. The van der Waals surface area contributed by atoms with Crippen LogP contribution in [0, 0.1) is 5.82 Å². The van der Waals surface area contributed by atoms with Crippen molar-refractivity contribution in [1.82, 2.24) is 10.3 Å². The number of pyridine rings is 1. The van der Waals surface area contributed by atoms with Crippen molar-refractivity contribution in [2.24, 2.45) is 0 Å². The van der Waals surface area contributed by atoms with Crippen LogP contribution in [0.25, 0.3) is 0 Å². The number of carbonyl (C=O) groups is 1. The third-order valence-electron chi connectivity index (χ3n) is 3.71. The summed E-state index contributed by atoms with van der Waals surface area (Å²) in [6, 6.07) is 1.57. The number of carbonyl (C=O) groups excluding carboxylic acids is 1. The molecule has 1 aromatic rings. The highest BCUT2D eigenvalue weighted by atomic mass is 32.2. The highest BCUT2D eigenvalue weighted by Gasteiger charge is 2.23. The predicted octanol–water partition coefficient (Wildman–Crippen LogP) is 2.67. The lowest BCUT2D eigenvalue weighted by Crippen LogP contribution is -2.38. The van der Waals surface area contributed by atoms with Gasteiger partial charge in [-0.1, -0.05) is 0 Å². The first-order valence-electron chi connectivity index (χ1n) is 6.81. The van der Waals surface area contributed by atoms with Crippen molar-refractivity contribution < 1.29 is 9.18 Å². The molecule has 1 heterocycles. The number of nitrogens with one attached hydrogen (secondary N) is 2. The molecular formula is C14H20FN3OS. The van der Waals surface area contributed by atoms with Gasteiger partial charge in [0, 0.05) is 24.5 Å². The Labute approximate surface area is 122 Å². The molecule has 1 saturated carbocycles. The number of amides is 1. The minimum absolute atomic E-state index is 0.0522. The van der Waals surface area contributed by atoms with Crippen LogP contribution in [0.15, 0.2) is 12.3 Å². The number of hydrogen-bond acceptors (Lipinski definition) is 4. The molecule has 0 bridgehead atoms. The smallest absolute Gasteiger partial charge is 0.254 e. The third kappa shape index (κ3) is 3.42. The molecular weight excluding hydrogens is 277 g/mol. The zero-order valence-corrected chi connectivity index (χ0v) is 12.6. The Morgan fingerprint density at radius 3 is 2.70 bits per heavy atom. The number of aromatic nitrogens is 1. The highest BCUT2D eigenvalue weighted by molar-refractivity contribution is 7.99. The summed E-state index contributed by atoms with van der Waals surface area (Å²) in [6.07, 6.45) is 7.69. The zero-order chi connectivity index (χ0) is 14.5. The van der Waals surface area contributed by atoms with Gasteiger partial charge in [-0.3, -0.25) is 4.79 Å². The van der Waals surface area contributed by atoms with Gasteiger partial charge in [0.15, 0.2) is 11.6 Å². The molecule has 1 aliphatic rings. The Bertz CT molecular complexity index is 475. The number of hydrogen-bond donors (Lipinski definition) is 2. The molecule has 0 aromatic carbocycles. The second-order valence-electron chi connectivity index (χ2n) is 4.95. The molecule has 1 amide bonds. The number of anilines is 1. The molecule has 2 rings (SSSR count). The minimum Gasteiger partial charge on any atom is -0.371 e. The Hall–Kier alpha value is -1.30. The summed E-state index contributed by atoms with van der Waals surface area (Å²) in [5.74, 6) is -0.844. The molecule has 0 radical (unpaired) electrons. The van der Waals surface area contributed by atoms with Gasteiger partial charge >= 0.3 is 0 Å². The Morgan fingerprint density at radius 1 is 1.40 bits per heavy atom. The summed E-state index contributed by atoms with van der Waals surface area (Å²) in [6.45, 7) is 0. The molecule has 0 atom stereocenters. The van der Waals surface area contributed by atoms with E-state index in [9.17, 15) is 9.18 Å². The maximum Gasteiger partial charge on any atom is 0.254 e. The lowest BCUT2D eigenvalue weighted by molar-refractivity contribution is 0.0924. The van der Waals surface area contributed by atoms with Crippen molar-refractivity contribution in [3.8, 4) is 0 Å². The SMILES string of the molecule is CNc1nccc(C(=O)NC2CCC(SC)CC2)c1F. The second-order valence-corrected chi connectivity index (χ2v) is 6.09. The van der Waals surface area contributed by atoms with E-state index >= 15 is 0 Å². The van der Waals surface area contributed by atoms with Crippen molar-refractivity contribution in [3.63, 3.8) is 0 Å². The number of nitrogens with zero attached hydrogens (tertiary/aromatic N) is 1. The van der Waals surface area contributed by atoms with E-state index in [4.69, 9.17) is 0 Å². The average Bonchev–Trinajstić information content (AvgIpc) is 2.48. The molecule has 1 aromatic heterocycles. The summed E-state index contributed by atoms with van der Waals surface area (Å²) in [5.41, 5.74) is 0.0522. The fraction of sp³-hybridized carbons (Fsp3) is 0.571. The monoisotopic (exact) mass is 297 g/mol. The fourth-order valence-corrected chi connectivity index (χ4v) is 3.24. The molecule has 2 N–H and O–H groups in total. The van der Waals surface area contributed by atoms with E-state index in [1.165, 1.54) is 12.3 Å². The molecule has 4 nitrogen and oxygen atoms in total. The van der Waals surface area contributed by atoms with Gasteiger partial charge in [-0.05, 0) is 38.0 Å². The maximum absolute atomic E-state index is 14.0. The van der Waals surface area contributed by atoms with Gasteiger partial charge in [-0.2, -0.15) is 11.8 Å². The highest BCUT2D eigenvalue weighted by Crippen LogP contribution is 2.27. The lowest BCUT2D eigenvalue weighted by Gasteiger charge is -2.28. The standard InChI is InChI=1S/C14H20FN3OS/c1-16-13-12(15)11(7-8-17-13)14(19)18-9-3-5-10(20-2)6-4-9/h7-10H,3-6H2,1-2H3,(H,16,17)(H,18,19). The largest absolute Gasteiger partial charge is 0.371 e. The van der Waals surface area contributed by atoms with Gasteiger partial charge in [-0.25, -0.2) is 9.37 Å². The van der Waals surface area contributed by atoms with E-state index in [2.05, 4.69) is 21.9 Å². The summed E-state index contributed by atoms with van der Waals surface area (Å²) in [4.78, 5) is 16.0. The normalized spacial score (nSPS) is 22.4. The first-order valence-corrected chi connectivity index (χ1v) is 8.10. The zero-order valence-electron chi connectivity index (χ0n) is 11.8. The molecule has 1 fully saturated rings. The van der Waals surface area contributed by atoms with Gasteiger partial charge < -0.3 is 10.6 Å².